The third-order valence-corrected chi connectivity index (χ3v) is 6.03. The standard InChI is InChI=1S/C22H18FN3O4S2/c1-29-12-6-11-26-21(28)17(32-22(26)31)13-14-19(30-16-8-3-2-7-15(16)23)24-18-9-4-5-10-25(18)20(14)27/h2-5,7-10,13H,6,11-12H2,1H3. The Labute approximate surface area is 192 Å². The maximum absolute atomic E-state index is 14.2. The third-order valence-electron chi connectivity index (χ3n) is 4.66. The van der Waals surface area contributed by atoms with E-state index in [0.29, 0.717) is 29.5 Å². The lowest BCUT2D eigenvalue weighted by Gasteiger charge is -2.13. The average Bonchev–Trinajstić information content (AvgIpc) is 3.05. The van der Waals surface area contributed by atoms with Gasteiger partial charge in [-0.1, -0.05) is 42.2 Å². The molecule has 0 bridgehead atoms. The number of rotatable bonds is 7. The molecule has 0 atom stereocenters. The Balaban J connectivity index is 1.78. The van der Waals surface area contributed by atoms with Gasteiger partial charge in [-0.3, -0.25) is 18.9 Å². The molecule has 1 aliphatic rings. The summed E-state index contributed by atoms with van der Waals surface area (Å²) in [5.74, 6) is -1.10. The van der Waals surface area contributed by atoms with Crippen molar-refractivity contribution < 1.29 is 18.7 Å². The van der Waals surface area contributed by atoms with Gasteiger partial charge in [0.15, 0.2) is 11.6 Å². The SMILES string of the molecule is COCCCN1C(=O)C(=Cc2c(Oc3ccccc3F)nc3ccccn3c2=O)SC1=S. The van der Waals surface area contributed by atoms with Gasteiger partial charge < -0.3 is 9.47 Å². The van der Waals surface area contributed by atoms with Gasteiger partial charge in [-0.05, 0) is 36.8 Å². The fraction of sp³-hybridized carbons (Fsp3) is 0.182. The molecule has 0 spiro atoms. The maximum atomic E-state index is 14.2. The predicted molar refractivity (Wildman–Crippen MR) is 124 cm³/mol. The normalized spacial score (nSPS) is 15.2. The summed E-state index contributed by atoms with van der Waals surface area (Å²) < 4.78 is 26.6. The highest BCUT2D eigenvalue weighted by Gasteiger charge is 2.32. The first-order valence-corrected chi connectivity index (χ1v) is 10.9. The summed E-state index contributed by atoms with van der Waals surface area (Å²) in [5.41, 5.74) is -0.103. The van der Waals surface area contributed by atoms with E-state index in [1.54, 1.807) is 37.6 Å². The number of hydrogen-bond donors (Lipinski definition) is 0. The van der Waals surface area contributed by atoms with Crippen LogP contribution in [0.25, 0.3) is 11.7 Å². The molecule has 3 heterocycles. The number of thioether (sulfide) groups is 1. The van der Waals surface area contributed by atoms with Crippen molar-refractivity contribution >= 4 is 45.9 Å². The minimum absolute atomic E-state index is 0.0225. The van der Waals surface area contributed by atoms with Crippen molar-refractivity contribution in [1.82, 2.24) is 14.3 Å². The van der Waals surface area contributed by atoms with E-state index in [1.807, 2.05) is 0 Å². The second-order valence-electron chi connectivity index (χ2n) is 6.78. The zero-order chi connectivity index (χ0) is 22.7. The Kier molecular flexibility index (Phi) is 6.63. The molecule has 164 valence electrons. The Morgan fingerprint density at radius 2 is 1.97 bits per heavy atom. The minimum Gasteiger partial charge on any atom is -0.435 e. The van der Waals surface area contributed by atoms with Crippen molar-refractivity contribution in [1.29, 1.82) is 0 Å². The highest BCUT2D eigenvalue weighted by molar-refractivity contribution is 8.26. The molecular weight excluding hydrogens is 453 g/mol. The summed E-state index contributed by atoms with van der Waals surface area (Å²) in [6.45, 7) is 0.899. The molecule has 0 aliphatic carbocycles. The molecule has 0 unspecified atom stereocenters. The average molecular weight is 472 g/mol. The molecular formula is C22H18FN3O4S2. The number of amides is 1. The van der Waals surface area contributed by atoms with E-state index < -0.39 is 11.4 Å². The summed E-state index contributed by atoms with van der Waals surface area (Å²) in [6.07, 6.45) is 3.59. The quantitative estimate of drug-likeness (QED) is 0.294. The van der Waals surface area contributed by atoms with Gasteiger partial charge in [0.05, 0.1) is 4.91 Å². The number of carbonyl (C=O) groups is 1. The third kappa shape index (κ3) is 4.43. The van der Waals surface area contributed by atoms with Crippen LogP contribution < -0.4 is 10.3 Å². The summed E-state index contributed by atoms with van der Waals surface area (Å²) in [5, 5.41) is 0. The van der Waals surface area contributed by atoms with Gasteiger partial charge in [0, 0.05) is 26.5 Å². The van der Waals surface area contributed by atoms with Crippen LogP contribution in [0.3, 0.4) is 0 Å². The van der Waals surface area contributed by atoms with E-state index in [2.05, 4.69) is 4.98 Å². The van der Waals surface area contributed by atoms with Crippen LogP contribution in [0.2, 0.25) is 0 Å². The van der Waals surface area contributed by atoms with Crippen LogP contribution in [0.1, 0.15) is 12.0 Å². The molecule has 32 heavy (non-hydrogen) atoms. The molecule has 1 fully saturated rings. The molecule has 0 saturated carbocycles. The molecule has 10 heteroatoms. The second-order valence-corrected chi connectivity index (χ2v) is 8.45. The number of fused-ring (bicyclic) bond motifs is 1. The maximum Gasteiger partial charge on any atom is 0.269 e. The second kappa shape index (κ2) is 9.60. The summed E-state index contributed by atoms with van der Waals surface area (Å²) in [6, 6.07) is 10.9. The zero-order valence-corrected chi connectivity index (χ0v) is 18.6. The van der Waals surface area contributed by atoms with Crippen molar-refractivity contribution in [3.8, 4) is 11.6 Å². The molecule has 1 aromatic carbocycles. The Bertz CT molecular complexity index is 1290. The Morgan fingerprint density at radius 3 is 2.75 bits per heavy atom. The van der Waals surface area contributed by atoms with Crippen LogP contribution in [-0.2, 0) is 9.53 Å². The number of aromatic nitrogens is 2. The van der Waals surface area contributed by atoms with E-state index in [4.69, 9.17) is 21.7 Å². The van der Waals surface area contributed by atoms with Gasteiger partial charge in [-0.15, -0.1) is 0 Å². The fourth-order valence-corrected chi connectivity index (χ4v) is 4.40. The highest BCUT2D eigenvalue weighted by Crippen LogP contribution is 2.34. The van der Waals surface area contributed by atoms with Crippen molar-refractivity contribution in [3.63, 3.8) is 0 Å². The number of methoxy groups -OCH3 is 1. The van der Waals surface area contributed by atoms with E-state index >= 15 is 0 Å². The number of carbonyl (C=O) groups excluding carboxylic acids is 1. The van der Waals surface area contributed by atoms with Crippen LogP contribution in [0, 0.1) is 5.82 Å². The van der Waals surface area contributed by atoms with Gasteiger partial charge >= 0.3 is 0 Å². The zero-order valence-electron chi connectivity index (χ0n) is 17.0. The molecule has 0 N–H and O–H groups in total. The minimum atomic E-state index is -0.599. The first kappa shape index (κ1) is 22.1. The number of halogens is 1. The van der Waals surface area contributed by atoms with Crippen LogP contribution in [0.5, 0.6) is 11.6 Å². The topological polar surface area (TPSA) is 73.1 Å². The lowest BCUT2D eigenvalue weighted by Crippen LogP contribution is -2.29. The monoisotopic (exact) mass is 471 g/mol. The molecule has 2 aromatic heterocycles. The van der Waals surface area contributed by atoms with Gasteiger partial charge in [0.2, 0.25) is 5.88 Å². The molecule has 4 rings (SSSR count). The number of pyridine rings is 1. The van der Waals surface area contributed by atoms with Gasteiger partial charge in [0.25, 0.3) is 11.5 Å². The molecule has 1 amide bonds. The van der Waals surface area contributed by atoms with Crippen molar-refractivity contribution in [2.45, 2.75) is 6.42 Å². The molecule has 1 saturated heterocycles. The van der Waals surface area contributed by atoms with Gasteiger partial charge in [-0.2, -0.15) is 4.98 Å². The molecule has 0 radical (unpaired) electrons. The van der Waals surface area contributed by atoms with E-state index in [1.165, 1.54) is 33.6 Å². The summed E-state index contributed by atoms with van der Waals surface area (Å²) in [4.78, 5) is 32.2. The first-order chi connectivity index (χ1) is 15.5. The fourth-order valence-electron chi connectivity index (χ4n) is 3.11. The van der Waals surface area contributed by atoms with E-state index in [-0.39, 0.29) is 28.0 Å². The molecule has 7 nitrogen and oxygen atoms in total. The predicted octanol–water partition coefficient (Wildman–Crippen LogP) is 3.86. The van der Waals surface area contributed by atoms with Crippen molar-refractivity contribution in [2.75, 3.05) is 20.3 Å². The van der Waals surface area contributed by atoms with E-state index in [0.717, 1.165) is 11.8 Å². The first-order valence-electron chi connectivity index (χ1n) is 9.67. The van der Waals surface area contributed by atoms with Gasteiger partial charge in [0.1, 0.15) is 15.5 Å². The Hall–Kier alpha value is -3.08. The summed E-state index contributed by atoms with van der Waals surface area (Å²) in [7, 11) is 1.58. The number of benzene rings is 1. The van der Waals surface area contributed by atoms with Gasteiger partial charge in [-0.25, -0.2) is 4.39 Å². The lowest BCUT2D eigenvalue weighted by molar-refractivity contribution is -0.122. The van der Waals surface area contributed by atoms with Crippen LogP contribution in [-0.4, -0.2) is 44.8 Å². The Morgan fingerprint density at radius 1 is 1.19 bits per heavy atom. The number of nitrogens with zero attached hydrogens (tertiary/aromatic N) is 3. The smallest absolute Gasteiger partial charge is 0.269 e. The lowest BCUT2D eigenvalue weighted by atomic mass is 10.2. The number of thiocarbonyl (C=S) groups is 1. The van der Waals surface area contributed by atoms with Crippen molar-refractivity contribution in [2.24, 2.45) is 0 Å². The molecule has 1 aliphatic heterocycles. The largest absolute Gasteiger partial charge is 0.435 e. The number of para-hydroxylation sites is 1. The van der Waals surface area contributed by atoms with E-state index in [9.17, 15) is 14.0 Å². The number of hydrogen-bond acceptors (Lipinski definition) is 7. The van der Waals surface area contributed by atoms with Crippen LogP contribution in [0.4, 0.5) is 4.39 Å². The van der Waals surface area contributed by atoms with Crippen LogP contribution in [0.15, 0.2) is 58.4 Å². The summed E-state index contributed by atoms with van der Waals surface area (Å²) >= 11 is 6.42. The van der Waals surface area contributed by atoms with Crippen molar-refractivity contribution in [3.05, 3.63) is 75.3 Å². The van der Waals surface area contributed by atoms with Crippen LogP contribution >= 0.6 is 24.0 Å². The molecule has 3 aromatic rings. The highest BCUT2D eigenvalue weighted by atomic mass is 32.2. The number of ether oxygens (including phenoxy) is 2.